The molecule has 1 amide bonds. The Morgan fingerprint density at radius 2 is 2.05 bits per heavy atom. The number of nitrogens with zero attached hydrogens (tertiary/aromatic N) is 2. The second-order valence-electron chi connectivity index (χ2n) is 4.50. The first-order chi connectivity index (χ1) is 10.1. The molecule has 1 heterocycles. The molecule has 2 rings (SSSR count). The van der Waals surface area contributed by atoms with Gasteiger partial charge in [0, 0.05) is 12.0 Å². The van der Waals surface area contributed by atoms with Crippen LogP contribution in [0.5, 0.6) is 0 Å². The first-order valence-electron chi connectivity index (χ1n) is 6.43. The van der Waals surface area contributed by atoms with Gasteiger partial charge in [0.2, 0.25) is 5.91 Å². The molecule has 21 heavy (non-hydrogen) atoms. The first-order valence-corrected chi connectivity index (χ1v) is 6.43. The van der Waals surface area contributed by atoms with Crippen molar-refractivity contribution >= 4 is 11.9 Å². The number of aryl methyl sites for hydroxylation is 1. The molecule has 0 saturated carbocycles. The van der Waals surface area contributed by atoms with Crippen molar-refractivity contribution in [2.45, 2.75) is 26.3 Å². The number of nitrogens with one attached hydrogen (secondary N) is 1. The minimum atomic E-state index is -1.01. The summed E-state index contributed by atoms with van der Waals surface area (Å²) in [5.41, 5.74) is 1.85. The third-order valence-corrected chi connectivity index (χ3v) is 2.85. The molecule has 0 unspecified atom stereocenters. The van der Waals surface area contributed by atoms with Crippen molar-refractivity contribution in [3.8, 4) is 11.5 Å². The van der Waals surface area contributed by atoms with E-state index in [9.17, 15) is 9.59 Å². The Balaban J connectivity index is 1.93. The molecule has 1 aromatic carbocycles. The van der Waals surface area contributed by atoms with Gasteiger partial charge < -0.3 is 14.9 Å². The van der Waals surface area contributed by atoms with E-state index in [1.807, 2.05) is 31.2 Å². The fourth-order valence-electron chi connectivity index (χ4n) is 1.73. The zero-order chi connectivity index (χ0) is 15.2. The van der Waals surface area contributed by atoms with Crippen LogP contribution in [-0.2, 0) is 16.1 Å². The Morgan fingerprint density at radius 3 is 2.76 bits per heavy atom. The maximum atomic E-state index is 11.4. The molecule has 2 N–H and O–H groups in total. The largest absolute Gasteiger partial charge is 0.481 e. The average Bonchev–Trinajstić information content (AvgIpc) is 2.92. The van der Waals surface area contributed by atoms with Crippen LogP contribution in [0.15, 0.2) is 28.8 Å². The minimum Gasteiger partial charge on any atom is -0.481 e. The number of carboxylic acid groups (broad SMARTS) is 1. The third-order valence-electron chi connectivity index (χ3n) is 2.85. The highest BCUT2D eigenvalue weighted by Crippen LogP contribution is 2.20. The molecule has 7 heteroatoms. The molecule has 0 aliphatic carbocycles. The predicted octanol–water partition coefficient (Wildman–Crippen LogP) is 1.53. The zero-order valence-electron chi connectivity index (χ0n) is 11.5. The van der Waals surface area contributed by atoms with E-state index in [-0.39, 0.29) is 25.3 Å². The lowest BCUT2D eigenvalue weighted by molar-refractivity contribution is -0.138. The van der Waals surface area contributed by atoms with Gasteiger partial charge in [-0.2, -0.15) is 4.98 Å². The second-order valence-corrected chi connectivity index (χ2v) is 4.50. The number of carbonyl (C=O) groups excluding carboxylic acids is 1. The number of benzene rings is 1. The summed E-state index contributed by atoms with van der Waals surface area (Å²) in [4.78, 5) is 25.9. The van der Waals surface area contributed by atoms with Crippen LogP contribution in [0.2, 0.25) is 0 Å². The number of aliphatic carboxylic acids is 1. The normalized spacial score (nSPS) is 10.3. The SMILES string of the molecule is Cc1ccccc1-c1nc(CNC(=O)CCC(=O)O)no1. The summed E-state index contributed by atoms with van der Waals surface area (Å²) in [7, 11) is 0. The Kier molecular flexibility index (Phi) is 4.65. The molecule has 7 nitrogen and oxygen atoms in total. The predicted molar refractivity (Wildman–Crippen MR) is 73.2 cm³/mol. The highest BCUT2D eigenvalue weighted by molar-refractivity contribution is 5.80. The minimum absolute atomic E-state index is 0.0716. The molecule has 0 aliphatic rings. The molecule has 2 aromatic rings. The summed E-state index contributed by atoms with van der Waals surface area (Å²) >= 11 is 0. The summed E-state index contributed by atoms with van der Waals surface area (Å²) < 4.78 is 5.16. The fraction of sp³-hybridized carbons (Fsp3) is 0.286. The third kappa shape index (κ3) is 4.13. The van der Waals surface area contributed by atoms with E-state index in [2.05, 4.69) is 15.5 Å². The van der Waals surface area contributed by atoms with Crippen LogP contribution in [0.4, 0.5) is 0 Å². The van der Waals surface area contributed by atoms with Crippen molar-refractivity contribution in [3.05, 3.63) is 35.7 Å². The van der Waals surface area contributed by atoms with Gasteiger partial charge in [-0.3, -0.25) is 9.59 Å². The van der Waals surface area contributed by atoms with Crippen molar-refractivity contribution in [2.75, 3.05) is 0 Å². The van der Waals surface area contributed by atoms with Crippen LogP contribution < -0.4 is 5.32 Å². The number of aromatic nitrogens is 2. The van der Waals surface area contributed by atoms with Crippen molar-refractivity contribution < 1.29 is 19.2 Å². The fourth-order valence-corrected chi connectivity index (χ4v) is 1.73. The quantitative estimate of drug-likeness (QED) is 0.835. The number of carboxylic acids is 1. The molecule has 110 valence electrons. The van der Waals surface area contributed by atoms with Gasteiger partial charge in [-0.1, -0.05) is 23.4 Å². The van der Waals surface area contributed by atoms with Gasteiger partial charge in [-0.05, 0) is 18.6 Å². The maximum Gasteiger partial charge on any atom is 0.303 e. The van der Waals surface area contributed by atoms with Crippen molar-refractivity contribution in [3.63, 3.8) is 0 Å². The van der Waals surface area contributed by atoms with Crippen molar-refractivity contribution in [1.82, 2.24) is 15.5 Å². The summed E-state index contributed by atoms with van der Waals surface area (Å²) in [6.45, 7) is 2.04. The highest BCUT2D eigenvalue weighted by atomic mass is 16.5. The van der Waals surface area contributed by atoms with Crippen LogP contribution >= 0.6 is 0 Å². The molecular formula is C14H15N3O4. The van der Waals surface area contributed by atoms with Gasteiger partial charge in [-0.25, -0.2) is 0 Å². The van der Waals surface area contributed by atoms with E-state index < -0.39 is 5.97 Å². The van der Waals surface area contributed by atoms with Crippen LogP contribution in [0.25, 0.3) is 11.5 Å². The molecule has 0 radical (unpaired) electrons. The number of carbonyl (C=O) groups is 2. The smallest absolute Gasteiger partial charge is 0.303 e. The van der Waals surface area contributed by atoms with Crippen molar-refractivity contribution in [2.24, 2.45) is 0 Å². The van der Waals surface area contributed by atoms with Gasteiger partial charge in [0.25, 0.3) is 5.89 Å². The van der Waals surface area contributed by atoms with Gasteiger partial charge >= 0.3 is 5.97 Å². The molecular weight excluding hydrogens is 274 g/mol. The van der Waals surface area contributed by atoms with E-state index >= 15 is 0 Å². The van der Waals surface area contributed by atoms with E-state index in [1.165, 1.54) is 0 Å². The van der Waals surface area contributed by atoms with Crippen LogP contribution in [0, 0.1) is 6.92 Å². The summed E-state index contributed by atoms with van der Waals surface area (Å²) in [6, 6.07) is 7.60. The number of hydrogen-bond donors (Lipinski definition) is 2. The molecule has 0 atom stereocenters. The van der Waals surface area contributed by atoms with Crippen LogP contribution in [0.3, 0.4) is 0 Å². The van der Waals surface area contributed by atoms with Crippen LogP contribution in [0.1, 0.15) is 24.2 Å². The Hall–Kier alpha value is -2.70. The zero-order valence-corrected chi connectivity index (χ0v) is 11.5. The van der Waals surface area contributed by atoms with Crippen LogP contribution in [-0.4, -0.2) is 27.1 Å². The van der Waals surface area contributed by atoms with Gasteiger partial charge in [0.05, 0.1) is 13.0 Å². The van der Waals surface area contributed by atoms with Gasteiger partial charge in [0.1, 0.15) is 0 Å². The van der Waals surface area contributed by atoms with Gasteiger partial charge in [0.15, 0.2) is 5.82 Å². The average molecular weight is 289 g/mol. The lowest BCUT2D eigenvalue weighted by atomic mass is 10.1. The molecule has 1 aromatic heterocycles. The van der Waals surface area contributed by atoms with E-state index in [0.717, 1.165) is 11.1 Å². The Labute approximate surface area is 121 Å². The number of rotatable bonds is 6. The van der Waals surface area contributed by atoms with Gasteiger partial charge in [-0.15, -0.1) is 0 Å². The maximum absolute atomic E-state index is 11.4. The second kappa shape index (κ2) is 6.65. The Bertz CT molecular complexity index is 651. The number of hydrogen-bond acceptors (Lipinski definition) is 5. The molecule has 0 spiro atoms. The lowest BCUT2D eigenvalue weighted by Gasteiger charge is -2.00. The van der Waals surface area contributed by atoms with E-state index in [0.29, 0.717) is 11.7 Å². The molecule has 0 bridgehead atoms. The Morgan fingerprint density at radius 1 is 1.29 bits per heavy atom. The standard InChI is InChI=1S/C14H15N3O4/c1-9-4-2-3-5-10(9)14-16-11(17-21-14)8-15-12(18)6-7-13(19)20/h2-5H,6-8H2,1H3,(H,15,18)(H,19,20). The summed E-state index contributed by atoms with van der Waals surface area (Å²) in [5.74, 6) is -0.633. The van der Waals surface area contributed by atoms with E-state index in [1.54, 1.807) is 0 Å². The first kappa shape index (κ1) is 14.7. The highest BCUT2D eigenvalue weighted by Gasteiger charge is 2.12. The lowest BCUT2D eigenvalue weighted by Crippen LogP contribution is -2.23. The topological polar surface area (TPSA) is 105 Å². The molecule has 0 saturated heterocycles. The summed E-state index contributed by atoms with van der Waals surface area (Å²) in [5, 5.41) is 14.8. The van der Waals surface area contributed by atoms with E-state index in [4.69, 9.17) is 9.63 Å². The molecule has 0 fully saturated rings. The summed E-state index contributed by atoms with van der Waals surface area (Å²) in [6.07, 6.45) is -0.273. The van der Waals surface area contributed by atoms with Crippen molar-refractivity contribution in [1.29, 1.82) is 0 Å². The monoisotopic (exact) mass is 289 g/mol. The number of amides is 1. The molecule has 0 aliphatic heterocycles.